The largest absolute Gasteiger partial charge is 0.379 e. The molecule has 8 nitrogen and oxygen atoms in total. The molecule has 2 aromatic rings. The summed E-state index contributed by atoms with van der Waals surface area (Å²) in [6.07, 6.45) is 0. The molecule has 0 amide bonds. The molecule has 1 aliphatic heterocycles. The van der Waals surface area contributed by atoms with E-state index in [2.05, 4.69) is 30.7 Å². The Morgan fingerprint density at radius 2 is 1.96 bits per heavy atom. The van der Waals surface area contributed by atoms with Gasteiger partial charge < -0.3 is 19.9 Å². The lowest BCUT2D eigenvalue weighted by atomic mass is 10.4. The molecule has 0 aromatic carbocycles. The van der Waals surface area contributed by atoms with Crippen LogP contribution in [0.4, 0.5) is 17.6 Å². The monoisotopic (exact) mass is 318 g/mol. The Labute approximate surface area is 135 Å². The van der Waals surface area contributed by atoms with Gasteiger partial charge in [-0.3, -0.25) is 4.90 Å². The SMILES string of the molecule is Cc1cc(Nc2cc(C)on2)nc(NCCN2CCOCC2)n1. The second-order valence-electron chi connectivity index (χ2n) is 5.55. The summed E-state index contributed by atoms with van der Waals surface area (Å²) >= 11 is 0. The van der Waals surface area contributed by atoms with Gasteiger partial charge in [0.15, 0.2) is 5.82 Å². The fourth-order valence-corrected chi connectivity index (χ4v) is 2.42. The van der Waals surface area contributed by atoms with Crippen molar-refractivity contribution >= 4 is 17.6 Å². The van der Waals surface area contributed by atoms with E-state index >= 15 is 0 Å². The van der Waals surface area contributed by atoms with E-state index in [1.165, 1.54) is 0 Å². The third-order valence-corrected chi connectivity index (χ3v) is 3.55. The predicted molar refractivity (Wildman–Crippen MR) is 87.0 cm³/mol. The molecular formula is C15H22N6O2. The number of hydrogen-bond donors (Lipinski definition) is 2. The van der Waals surface area contributed by atoms with Crippen LogP contribution in [0, 0.1) is 13.8 Å². The van der Waals surface area contributed by atoms with E-state index in [1.807, 2.05) is 26.0 Å². The van der Waals surface area contributed by atoms with Gasteiger partial charge in [0.2, 0.25) is 5.95 Å². The van der Waals surface area contributed by atoms with Gasteiger partial charge in [-0.05, 0) is 13.8 Å². The van der Waals surface area contributed by atoms with Gasteiger partial charge >= 0.3 is 0 Å². The average molecular weight is 318 g/mol. The zero-order chi connectivity index (χ0) is 16.1. The highest BCUT2D eigenvalue weighted by Gasteiger charge is 2.10. The van der Waals surface area contributed by atoms with Gasteiger partial charge in [0.25, 0.3) is 0 Å². The van der Waals surface area contributed by atoms with Crippen molar-refractivity contribution in [2.24, 2.45) is 0 Å². The Balaban J connectivity index is 1.56. The molecule has 0 atom stereocenters. The van der Waals surface area contributed by atoms with Crippen molar-refractivity contribution < 1.29 is 9.26 Å². The number of aromatic nitrogens is 3. The summed E-state index contributed by atoms with van der Waals surface area (Å²) in [7, 11) is 0. The van der Waals surface area contributed by atoms with E-state index in [0.717, 1.165) is 50.8 Å². The van der Waals surface area contributed by atoms with E-state index in [0.29, 0.717) is 17.6 Å². The highest BCUT2D eigenvalue weighted by molar-refractivity contribution is 5.53. The van der Waals surface area contributed by atoms with Crippen LogP contribution in [0.3, 0.4) is 0 Å². The third-order valence-electron chi connectivity index (χ3n) is 3.55. The maximum absolute atomic E-state index is 5.35. The van der Waals surface area contributed by atoms with E-state index in [1.54, 1.807) is 0 Å². The van der Waals surface area contributed by atoms with Gasteiger partial charge in [-0.15, -0.1) is 0 Å². The van der Waals surface area contributed by atoms with E-state index in [-0.39, 0.29) is 0 Å². The summed E-state index contributed by atoms with van der Waals surface area (Å²) in [6, 6.07) is 3.69. The maximum atomic E-state index is 5.35. The van der Waals surface area contributed by atoms with Crippen LogP contribution in [0.5, 0.6) is 0 Å². The summed E-state index contributed by atoms with van der Waals surface area (Å²) in [5.74, 6) is 2.70. The number of nitrogens with zero attached hydrogens (tertiary/aromatic N) is 4. The number of ether oxygens (including phenoxy) is 1. The molecule has 3 heterocycles. The summed E-state index contributed by atoms with van der Waals surface area (Å²) in [6.45, 7) is 9.12. The number of aryl methyl sites for hydroxylation is 2. The minimum absolute atomic E-state index is 0.612. The van der Waals surface area contributed by atoms with Crippen molar-refractivity contribution in [2.45, 2.75) is 13.8 Å². The first-order chi connectivity index (χ1) is 11.2. The van der Waals surface area contributed by atoms with Crippen molar-refractivity contribution in [1.29, 1.82) is 0 Å². The predicted octanol–water partition coefficient (Wildman–Crippen LogP) is 1.57. The quantitative estimate of drug-likeness (QED) is 0.830. The first-order valence-corrected chi connectivity index (χ1v) is 7.79. The Kier molecular flexibility index (Phi) is 5.04. The minimum Gasteiger partial charge on any atom is -0.379 e. The lowest BCUT2D eigenvalue weighted by Crippen LogP contribution is -2.39. The highest BCUT2D eigenvalue weighted by atomic mass is 16.5. The van der Waals surface area contributed by atoms with Gasteiger partial charge in [0, 0.05) is 44.0 Å². The van der Waals surface area contributed by atoms with Gasteiger partial charge in [0.05, 0.1) is 13.2 Å². The van der Waals surface area contributed by atoms with Gasteiger partial charge in [-0.25, -0.2) is 4.98 Å². The summed E-state index contributed by atoms with van der Waals surface area (Å²) in [5.41, 5.74) is 0.886. The molecule has 8 heteroatoms. The molecule has 1 aliphatic rings. The lowest BCUT2D eigenvalue weighted by Gasteiger charge is -2.26. The molecule has 1 fully saturated rings. The molecular weight excluding hydrogens is 296 g/mol. The Morgan fingerprint density at radius 3 is 2.70 bits per heavy atom. The molecule has 0 bridgehead atoms. The Bertz CT molecular complexity index is 639. The van der Waals surface area contributed by atoms with Crippen LogP contribution >= 0.6 is 0 Å². The molecule has 0 saturated carbocycles. The summed E-state index contributed by atoms with van der Waals surface area (Å²) < 4.78 is 10.4. The Morgan fingerprint density at radius 1 is 1.13 bits per heavy atom. The molecule has 23 heavy (non-hydrogen) atoms. The average Bonchev–Trinajstić information content (AvgIpc) is 2.93. The lowest BCUT2D eigenvalue weighted by molar-refractivity contribution is 0.0398. The first-order valence-electron chi connectivity index (χ1n) is 7.79. The van der Waals surface area contributed by atoms with Gasteiger partial charge in [0.1, 0.15) is 11.6 Å². The normalized spacial score (nSPS) is 15.6. The molecule has 3 rings (SSSR count). The van der Waals surface area contributed by atoms with Gasteiger partial charge in [-0.2, -0.15) is 4.98 Å². The van der Waals surface area contributed by atoms with Crippen molar-refractivity contribution in [3.05, 3.63) is 23.6 Å². The van der Waals surface area contributed by atoms with Crippen LogP contribution in [-0.2, 0) is 4.74 Å². The van der Waals surface area contributed by atoms with Crippen molar-refractivity contribution in [3.63, 3.8) is 0 Å². The molecule has 1 saturated heterocycles. The van der Waals surface area contributed by atoms with E-state index in [9.17, 15) is 0 Å². The van der Waals surface area contributed by atoms with Crippen LogP contribution in [0.2, 0.25) is 0 Å². The van der Waals surface area contributed by atoms with Crippen LogP contribution in [0.1, 0.15) is 11.5 Å². The number of hydrogen-bond acceptors (Lipinski definition) is 8. The smallest absolute Gasteiger partial charge is 0.224 e. The second kappa shape index (κ2) is 7.38. The molecule has 0 radical (unpaired) electrons. The van der Waals surface area contributed by atoms with Crippen LogP contribution in [-0.4, -0.2) is 59.4 Å². The maximum Gasteiger partial charge on any atom is 0.224 e. The summed E-state index contributed by atoms with van der Waals surface area (Å²) in [5, 5.41) is 10.3. The first kappa shape index (κ1) is 15.7. The van der Waals surface area contributed by atoms with Crippen LogP contribution in [0.15, 0.2) is 16.7 Å². The number of anilines is 3. The molecule has 0 spiro atoms. The molecule has 2 aromatic heterocycles. The topological polar surface area (TPSA) is 88.3 Å². The second-order valence-corrected chi connectivity index (χ2v) is 5.55. The zero-order valence-electron chi connectivity index (χ0n) is 13.5. The Hall–Kier alpha value is -2.19. The van der Waals surface area contributed by atoms with Crippen molar-refractivity contribution in [2.75, 3.05) is 50.0 Å². The molecule has 0 unspecified atom stereocenters. The van der Waals surface area contributed by atoms with Crippen molar-refractivity contribution in [1.82, 2.24) is 20.0 Å². The van der Waals surface area contributed by atoms with E-state index in [4.69, 9.17) is 9.26 Å². The van der Waals surface area contributed by atoms with Crippen molar-refractivity contribution in [3.8, 4) is 0 Å². The van der Waals surface area contributed by atoms with E-state index < -0.39 is 0 Å². The zero-order valence-corrected chi connectivity index (χ0v) is 13.5. The number of rotatable bonds is 6. The number of morpholine rings is 1. The minimum atomic E-state index is 0.612. The number of nitrogens with one attached hydrogen (secondary N) is 2. The molecule has 2 N–H and O–H groups in total. The standard InChI is InChI=1S/C15H22N6O2/c1-11-9-13(18-14-10-12(2)23-20-14)19-15(17-11)16-3-4-21-5-7-22-8-6-21/h9-10H,3-8H2,1-2H3,(H2,16,17,18,19,20). The van der Waals surface area contributed by atoms with Crippen LogP contribution < -0.4 is 10.6 Å². The third kappa shape index (κ3) is 4.64. The molecule has 124 valence electrons. The van der Waals surface area contributed by atoms with Crippen LogP contribution in [0.25, 0.3) is 0 Å². The highest BCUT2D eigenvalue weighted by Crippen LogP contribution is 2.16. The fraction of sp³-hybridized carbons (Fsp3) is 0.533. The molecule has 0 aliphatic carbocycles. The fourth-order valence-electron chi connectivity index (χ4n) is 2.42. The summed E-state index contributed by atoms with van der Waals surface area (Å²) in [4.78, 5) is 11.2. The van der Waals surface area contributed by atoms with Gasteiger partial charge in [-0.1, -0.05) is 5.16 Å².